The van der Waals surface area contributed by atoms with Crippen LogP contribution in [0.1, 0.15) is 52.4 Å². The number of amides is 4. The zero-order valence-corrected chi connectivity index (χ0v) is 20.9. The monoisotopic (exact) mass is 515 g/mol. The number of carboxylic acids is 1. The number of guanidine groups is 1. The van der Waals surface area contributed by atoms with E-state index in [2.05, 4.69) is 20.9 Å². The maximum Gasteiger partial charge on any atom is 0.326 e. The van der Waals surface area contributed by atoms with Crippen LogP contribution in [-0.4, -0.2) is 77.9 Å². The van der Waals surface area contributed by atoms with Crippen LogP contribution < -0.4 is 44.6 Å². The molecule has 15 heteroatoms. The van der Waals surface area contributed by atoms with Crippen molar-refractivity contribution in [3.05, 3.63) is 0 Å². The van der Waals surface area contributed by atoms with Gasteiger partial charge in [-0.05, 0) is 38.1 Å². The van der Waals surface area contributed by atoms with E-state index in [1.54, 1.807) is 13.8 Å². The standard InChI is InChI=1S/C21H41N9O6/c1-11(2)16(19(34)28-13(20(35)36)7-5-9-27-21(25)26)30-18(33)14(10-15(24)31)29-17(32)12(23)6-3-4-8-22/h11-14,16H,3-10,22-23H2,1-2H3,(H2,24,31)(H,28,34)(H,29,32)(H,30,33)(H,35,36)(H4,25,26,27). The van der Waals surface area contributed by atoms with Crippen LogP contribution in [0.5, 0.6) is 0 Å². The van der Waals surface area contributed by atoms with Gasteiger partial charge in [0.15, 0.2) is 5.96 Å². The molecule has 0 aliphatic carbocycles. The summed E-state index contributed by atoms with van der Waals surface area (Å²) in [4.78, 5) is 65.0. The summed E-state index contributed by atoms with van der Waals surface area (Å²) in [5.41, 5.74) is 27.0. The molecule has 0 radical (unpaired) electrons. The van der Waals surface area contributed by atoms with Crippen molar-refractivity contribution in [1.82, 2.24) is 16.0 Å². The Labute approximate surface area is 210 Å². The van der Waals surface area contributed by atoms with E-state index in [0.717, 1.165) is 0 Å². The minimum absolute atomic E-state index is 0.0407. The van der Waals surface area contributed by atoms with E-state index >= 15 is 0 Å². The first-order valence-electron chi connectivity index (χ1n) is 11.7. The molecule has 0 spiro atoms. The fraction of sp³-hybridized carbons (Fsp3) is 0.714. The number of hydrogen-bond donors (Lipinski definition) is 9. The fourth-order valence-corrected chi connectivity index (χ4v) is 3.14. The summed E-state index contributed by atoms with van der Waals surface area (Å²) in [5, 5.41) is 16.7. The van der Waals surface area contributed by atoms with E-state index in [-0.39, 0.29) is 25.3 Å². The van der Waals surface area contributed by atoms with Crippen LogP contribution in [0.2, 0.25) is 0 Å². The third-order valence-corrected chi connectivity index (χ3v) is 5.15. The molecule has 36 heavy (non-hydrogen) atoms. The number of rotatable bonds is 18. The van der Waals surface area contributed by atoms with Gasteiger partial charge in [0, 0.05) is 6.54 Å². The lowest BCUT2D eigenvalue weighted by molar-refractivity contribution is -0.143. The van der Waals surface area contributed by atoms with Gasteiger partial charge in [-0.1, -0.05) is 20.3 Å². The van der Waals surface area contributed by atoms with E-state index in [1.807, 2.05) is 0 Å². The predicted octanol–water partition coefficient (Wildman–Crippen LogP) is -3.43. The van der Waals surface area contributed by atoms with Gasteiger partial charge in [0.25, 0.3) is 0 Å². The second-order valence-electron chi connectivity index (χ2n) is 8.70. The van der Waals surface area contributed by atoms with E-state index in [4.69, 9.17) is 28.7 Å². The van der Waals surface area contributed by atoms with Crippen molar-refractivity contribution in [1.29, 1.82) is 0 Å². The molecule has 4 amide bonds. The first-order valence-corrected chi connectivity index (χ1v) is 11.7. The second-order valence-corrected chi connectivity index (χ2v) is 8.70. The number of unbranched alkanes of at least 4 members (excludes halogenated alkanes) is 1. The molecule has 14 N–H and O–H groups in total. The van der Waals surface area contributed by atoms with Gasteiger partial charge in [0.05, 0.1) is 12.5 Å². The number of carbonyl (C=O) groups is 5. The molecule has 0 aliphatic rings. The van der Waals surface area contributed by atoms with Crippen LogP contribution in [0.25, 0.3) is 0 Å². The Morgan fingerprint density at radius 2 is 1.44 bits per heavy atom. The van der Waals surface area contributed by atoms with E-state index in [0.29, 0.717) is 25.8 Å². The molecule has 0 aromatic carbocycles. The molecule has 0 aromatic rings. The topological polar surface area (TPSA) is 284 Å². The molecule has 0 fully saturated rings. The highest BCUT2D eigenvalue weighted by Gasteiger charge is 2.32. The van der Waals surface area contributed by atoms with Crippen molar-refractivity contribution in [3.8, 4) is 0 Å². The number of aliphatic carboxylic acids is 1. The number of nitrogens with zero attached hydrogens (tertiary/aromatic N) is 1. The van der Waals surface area contributed by atoms with Crippen molar-refractivity contribution in [2.75, 3.05) is 13.1 Å². The number of nitrogens with two attached hydrogens (primary N) is 5. The van der Waals surface area contributed by atoms with Gasteiger partial charge in [-0.15, -0.1) is 0 Å². The van der Waals surface area contributed by atoms with Crippen LogP contribution in [0.3, 0.4) is 0 Å². The summed E-state index contributed by atoms with van der Waals surface area (Å²) in [6, 6.07) is -4.72. The number of nitrogens with one attached hydrogen (secondary N) is 3. The smallest absolute Gasteiger partial charge is 0.326 e. The summed E-state index contributed by atoms with van der Waals surface area (Å²) in [5.74, 6) is -4.99. The van der Waals surface area contributed by atoms with E-state index in [1.165, 1.54) is 0 Å². The quantitative estimate of drug-likeness (QED) is 0.0494. The molecule has 0 heterocycles. The lowest BCUT2D eigenvalue weighted by atomic mass is 10.0. The normalized spacial score (nSPS) is 14.1. The Hall–Kier alpha value is -3.46. The van der Waals surface area contributed by atoms with Gasteiger partial charge >= 0.3 is 5.97 Å². The third kappa shape index (κ3) is 13.4. The van der Waals surface area contributed by atoms with Gasteiger partial charge < -0.3 is 49.7 Å². The van der Waals surface area contributed by atoms with Gasteiger partial charge in [-0.25, -0.2) is 4.79 Å². The Morgan fingerprint density at radius 3 is 1.94 bits per heavy atom. The Morgan fingerprint density at radius 1 is 0.833 bits per heavy atom. The average molecular weight is 516 g/mol. The number of carboxylic acid groups (broad SMARTS) is 1. The maximum atomic E-state index is 12.9. The number of carbonyl (C=O) groups excluding carboxylic acids is 4. The highest BCUT2D eigenvalue weighted by Crippen LogP contribution is 2.07. The molecule has 0 bridgehead atoms. The fourth-order valence-electron chi connectivity index (χ4n) is 3.14. The van der Waals surface area contributed by atoms with Crippen LogP contribution in [0.4, 0.5) is 0 Å². The Bertz CT molecular complexity index is 786. The van der Waals surface area contributed by atoms with Crippen molar-refractivity contribution < 1.29 is 29.1 Å². The largest absolute Gasteiger partial charge is 0.480 e. The lowest BCUT2D eigenvalue weighted by Crippen LogP contribution is -2.59. The molecule has 0 rings (SSSR count). The van der Waals surface area contributed by atoms with Gasteiger partial charge in [0.2, 0.25) is 23.6 Å². The second kappa shape index (κ2) is 17.0. The Kier molecular flexibility index (Phi) is 15.4. The zero-order valence-electron chi connectivity index (χ0n) is 20.9. The molecule has 206 valence electrons. The van der Waals surface area contributed by atoms with Crippen LogP contribution in [0.15, 0.2) is 4.99 Å². The van der Waals surface area contributed by atoms with Crippen molar-refractivity contribution in [2.24, 2.45) is 39.6 Å². The van der Waals surface area contributed by atoms with E-state index < -0.39 is 66.1 Å². The van der Waals surface area contributed by atoms with Crippen molar-refractivity contribution >= 4 is 35.6 Å². The summed E-state index contributed by atoms with van der Waals surface area (Å²) in [7, 11) is 0. The minimum Gasteiger partial charge on any atom is -0.480 e. The molecule has 0 saturated heterocycles. The lowest BCUT2D eigenvalue weighted by Gasteiger charge is -2.26. The number of aliphatic imine (C=N–C) groups is 1. The molecule has 4 unspecified atom stereocenters. The van der Waals surface area contributed by atoms with Crippen LogP contribution >= 0.6 is 0 Å². The summed E-state index contributed by atoms with van der Waals surface area (Å²) >= 11 is 0. The van der Waals surface area contributed by atoms with Gasteiger partial charge in [-0.2, -0.15) is 0 Å². The minimum atomic E-state index is -1.38. The van der Waals surface area contributed by atoms with Gasteiger partial charge in [0.1, 0.15) is 18.1 Å². The average Bonchev–Trinajstić information content (AvgIpc) is 2.77. The molecule has 4 atom stereocenters. The first kappa shape index (κ1) is 32.5. The van der Waals surface area contributed by atoms with Crippen molar-refractivity contribution in [2.45, 2.75) is 76.5 Å². The molecular weight excluding hydrogens is 474 g/mol. The van der Waals surface area contributed by atoms with Crippen LogP contribution in [-0.2, 0) is 24.0 Å². The molecule has 0 aliphatic heterocycles. The van der Waals surface area contributed by atoms with Gasteiger partial charge in [-0.3, -0.25) is 24.2 Å². The summed E-state index contributed by atoms with van der Waals surface area (Å²) < 4.78 is 0. The third-order valence-electron chi connectivity index (χ3n) is 5.15. The van der Waals surface area contributed by atoms with E-state index in [9.17, 15) is 29.1 Å². The predicted molar refractivity (Wildman–Crippen MR) is 133 cm³/mol. The summed E-state index contributed by atoms with van der Waals surface area (Å²) in [6.45, 7) is 3.88. The number of hydrogen-bond acceptors (Lipinski definition) is 8. The highest BCUT2D eigenvalue weighted by molar-refractivity contribution is 5.96. The molecule has 0 saturated carbocycles. The molecule has 0 aromatic heterocycles. The van der Waals surface area contributed by atoms with Crippen LogP contribution in [0, 0.1) is 5.92 Å². The number of primary amides is 1. The Balaban J connectivity index is 5.33. The molecular formula is C21H41N9O6. The summed E-state index contributed by atoms with van der Waals surface area (Å²) in [6.07, 6.45) is 1.39. The maximum absolute atomic E-state index is 12.9. The molecule has 15 nitrogen and oxygen atoms in total. The first-order chi connectivity index (χ1) is 16.8. The highest BCUT2D eigenvalue weighted by atomic mass is 16.4. The zero-order chi connectivity index (χ0) is 27.8. The van der Waals surface area contributed by atoms with Crippen molar-refractivity contribution in [3.63, 3.8) is 0 Å². The SMILES string of the molecule is CC(C)C(NC(=O)C(CC(N)=O)NC(=O)C(N)CCCCN)C(=O)NC(CCCN=C(N)N)C(=O)O.